The average molecular weight is 326 g/mol. The third kappa shape index (κ3) is 2.48. The third-order valence-electron chi connectivity index (χ3n) is 4.39. The second kappa shape index (κ2) is 5.78. The largest absolute Gasteiger partial charge is 0.280 e. The van der Waals surface area contributed by atoms with Crippen LogP contribution in [-0.2, 0) is 12.8 Å². The standard InChI is InChI=1S/C18H16F2N4/c1-11-22-23-17-5-3-2-4-12-6-13(8-16(20)18(12)24(11)17)14-7-15(19)10-21-9-14/h6-10H,2-5H2,1H3. The molecular formula is C18H16F2N4. The van der Waals surface area contributed by atoms with Crippen molar-refractivity contribution in [2.75, 3.05) is 0 Å². The molecule has 3 aromatic rings. The molecule has 1 aromatic carbocycles. The van der Waals surface area contributed by atoms with E-state index in [9.17, 15) is 8.78 Å². The fourth-order valence-electron chi connectivity index (χ4n) is 3.29. The summed E-state index contributed by atoms with van der Waals surface area (Å²) in [6.45, 7) is 1.83. The molecule has 1 aliphatic heterocycles. The van der Waals surface area contributed by atoms with E-state index in [4.69, 9.17) is 0 Å². The Hall–Kier alpha value is -2.63. The van der Waals surface area contributed by atoms with Gasteiger partial charge in [-0.15, -0.1) is 10.2 Å². The molecule has 0 amide bonds. The van der Waals surface area contributed by atoms with E-state index in [0.29, 0.717) is 22.6 Å². The van der Waals surface area contributed by atoms with Crippen molar-refractivity contribution in [2.45, 2.75) is 32.6 Å². The SMILES string of the molecule is Cc1nnc2n1-c1c(F)cc(-c3cncc(F)c3)cc1CCCC2. The summed E-state index contributed by atoms with van der Waals surface area (Å²) in [5.41, 5.74) is 2.60. The number of halogens is 2. The van der Waals surface area contributed by atoms with E-state index in [-0.39, 0.29) is 5.82 Å². The lowest BCUT2D eigenvalue weighted by Gasteiger charge is -2.19. The highest BCUT2D eigenvalue weighted by Gasteiger charge is 2.21. The highest BCUT2D eigenvalue weighted by atomic mass is 19.1. The topological polar surface area (TPSA) is 43.6 Å². The van der Waals surface area contributed by atoms with Crippen LogP contribution in [0.25, 0.3) is 16.8 Å². The van der Waals surface area contributed by atoms with Crippen LogP contribution >= 0.6 is 0 Å². The molecule has 0 spiro atoms. The summed E-state index contributed by atoms with van der Waals surface area (Å²) in [6, 6.07) is 4.72. The van der Waals surface area contributed by atoms with Crippen molar-refractivity contribution in [3.05, 3.63) is 59.4 Å². The van der Waals surface area contributed by atoms with Crippen molar-refractivity contribution in [1.82, 2.24) is 19.7 Å². The Morgan fingerprint density at radius 1 is 0.958 bits per heavy atom. The van der Waals surface area contributed by atoms with Crippen molar-refractivity contribution < 1.29 is 8.78 Å². The number of rotatable bonds is 1. The predicted octanol–water partition coefficient (Wildman–Crippen LogP) is 3.79. The molecule has 0 aliphatic carbocycles. The molecule has 24 heavy (non-hydrogen) atoms. The number of pyridine rings is 1. The molecule has 4 nitrogen and oxygen atoms in total. The van der Waals surface area contributed by atoms with Gasteiger partial charge in [-0.3, -0.25) is 9.55 Å². The van der Waals surface area contributed by atoms with Crippen LogP contribution in [0, 0.1) is 18.6 Å². The van der Waals surface area contributed by atoms with E-state index in [1.54, 1.807) is 10.8 Å². The van der Waals surface area contributed by atoms with Crippen molar-refractivity contribution in [3.63, 3.8) is 0 Å². The van der Waals surface area contributed by atoms with Crippen LogP contribution in [0.1, 0.15) is 30.1 Å². The number of hydrogen-bond acceptors (Lipinski definition) is 3. The summed E-state index contributed by atoms with van der Waals surface area (Å²) >= 11 is 0. The number of aromatic nitrogens is 4. The highest BCUT2D eigenvalue weighted by Crippen LogP contribution is 2.31. The minimum atomic E-state index is -0.434. The van der Waals surface area contributed by atoms with E-state index in [0.717, 1.165) is 43.3 Å². The summed E-state index contributed by atoms with van der Waals surface area (Å²) < 4.78 is 30.2. The first-order valence-electron chi connectivity index (χ1n) is 7.98. The molecular weight excluding hydrogens is 310 g/mol. The zero-order valence-electron chi connectivity index (χ0n) is 13.3. The molecule has 6 heteroatoms. The maximum absolute atomic E-state index is 15.0. The first-order chi connectivity index (χ1) is 11.6. The molecule has 0 saturated carbocycles. The number of fused-ring (bicyclic) bond motifs is 3. The van der Waals surface area contributed by atoms with Gasteiger partial charge in [-0.05, 0) is 55.5 Å². The quantitative estimate of drug-likeness (QED) is 0.683. The molecule has 4 rings (SSSR count). The molecule has 0 unspecified atom stereocenters. The Balaban J connectivity index is 1.93. The molecule has 0 N–H and O–H groups in total. The molecule has 0 fully saturated rings. The monoisotopic (exact) mass is 326 g/mol. The Morgan fingerprint density at radius 3 is 2.62 bits per heavy atom. The summed E-state index contributed by atoms with van der Waals surface area (Å²) in [4.78, 5) is 3.85. The Bertz CT molecular complexity index is 917. The summed E-state index contributed by atoms with van der Waals surface area (Å²) in [6.07, 6.45) is 6.16. The van der Waals surface area contributed by atoms with E-state index in [1.807, 2.05) is 13.0 Å². The normalized spacial score (nSPS) is 13.8. The van der Waals surface area contributed by atoms with Crippen LogP contribution in [0.15, 0.2) is 30.6 Å². The van der Waals surface area contributed by atoms with Crippen LogP contribution in [0.5, 0.6) is 0 Å². The first kappa shape index (κ1) is 14.9. The lowest BCUT2D eigenvalue weighted by molar-refractivity contribution is 0.596. The van der Waals surface area contributed by atoms with Gasteiger partial charge in [0.15, 0.2) is 0 Å². The number of aryl methyl sites for hydroxylation is 3. The first-order valence-corrected chi connectivity index (χ1v) is 7.98. The van der Waals surface area contributed by atoms with E-state index >= 15 is 0 Å². The maximum atomic E-state index is 15.0. The molecule has 0 bridgehead atoms. The van der Waals surface area contributed by atoms with E-state index in [1.165, 1.54) is 12.1 Å². The third-order valence-corrected chi connectivity index (χ3v) is 4.39. The van der Waals surface area contributed by atoms with Gasteiger partial charge >= 0.3 is 0 Å². The van der Waals surface area contributed by atoms with Gasteiger partial charge in [0.2, 0.25) is 0 Å². The zero-order valence-corrected chi connectivity index (χ0v) is 13.3. The average Bonchev–Trinajstić information content (AvgIpc) is 2.88. The number of hydrogen-bond donors (Lipinski definition) is 0. The minimum Gasteiger partial charge on any atom is -0.280 e. The zero-order chi connectivity index (χ0) is 16.7. The Kier molecular flexibility index (Phi) is 3.59. The summed E-state index contributed by atoms with van der Waals surface area (Å²) in [5.74, 6) is 0.675. The van der Waals surface area contributed by atoms with E-state index < -0.39 is 5.82 Å². The van der Waals surface area contributed by atoms with Gasteiger partial charge in [0.25, 0.3) is 0 Å². The predicted molar refractivity (Wildman–Crippen MR) is 85.9 cm³/mol. The van der Waals surface area contributed by atoms with Gasteiger partial charge in [-0.25, -0.2) is 8.78 Å². The highest BCUT2D eigenvalue weighted by molar-refractivity contribution is 5.66. The second-order valence-electron chi connectivity index (χ2n) is 6.06. The summed E-state index contributed by atoms with van der Waals surface area (Å²) in [7, 11) is 0. The van der Waals surface area contributed by atoms with E-state index in [2.05, 4.69) is 15.2 Å². The maximum Gasteiger partial charge on any atom is 0.148 e. The van der Waals surface area contributed by atoms with Crippen LogP contribution < -0.4 is 0 Å². The van der Waals surface area contributed by atoms with Crippen molar-refractivity contribution in [2.24, 2.45) is 0 Å². The molecule has 0 radical (unpaired) electrons. The van der Waals surface area contributed by atoms with Gasteiger partial charge in [-0.1, -0.05) is 0 Å². The lowest BCUT2D eigenvalue weighted by Crippen LogP contribution is -2.12. The van der Waals surface area contributed by atoms with Crippen LogP contribution in [-0.4, -0.2) is 19.7 Å². The van der Waals surface area contributed by atoms with Gasteiger partial charge in [0.05, 0.1) is 11.9 Å². The molecule has 3 heterocycles. The second-order valence-corrected chi connectivity index (χ2v) is 6.06. The number of benzene rings is 1. The van der Waals surface area contributed by atoms with Crippen LogP contribution in [0.2, 0.25) is 0 Å². The smallest absolute Gasteiger partial charge is 0.148 e. The summed E-state index contributed by atoms with van der Waals surface area (Å²) in [5, 5.41) is 8.28. The fraction of sp³-hybridized carbons (Fsp3) is 0.278. The molecule has 2 aromatic heterocycles. The molecule has 122 valence electrons. The lowest BCUT2D eigenvalue weighted by atomic mass is 9.97. The Labute approximate surface area is 138 Å². The molecule has 0 saturated heterocycles. The van der Waals surface area contributed by atoms with Gasteiger partial charge in [0.1, 0.15) is 23.3 Å². The van der Waals surface area contributed by atoms with Crippen molar-refractivity contribution in [3.8, 4) is 16.8 Å². The Morgan fingerprint density at radius 2 is 1.79 bits per heavy atom. The fourth-order valence-corrected chi connectivity index (χ4v) is 3.29. The van der Waals surface area contributed by atoms with Crippen molar-refractivity contribution >= 4 is 0 Å². The van der Waals surface area contributed by atoms with Crippen LogP contribution in [0.4, 0.5) is 8.78 Å². The van der Waals surface area contributed by atoms with Crippen LogP contribution in [0.3, 0.4) is 0 Å². The molecule has 0 atom stereocenters. The van der Waals surface area contributed by atoms with Gasteiger partial charge in [-0.2, -0.15) is 0 Å². The van der Waals surface area contributed by atoms with Gasteiger partial charge < -0.3 is 0 Å². The minimum absolute atomic E-state index is 0.349. The molecule has 1 aliphatic rings. The number of nitrogens with zero attached hydrogens (tertiary/aromatic N) is 4. The van der Waals surface area contributed by atoms with Gasteiger partial charge in [0, 0.05) is 18.2 Å². The van der Waals surface area contributed by atoms with Crippen molar-refractivity contribution in [1.29, 1.82) is 0 Å².